The molecule has 1 unspecified atom stereocenters. The molecule has 0 aliphatic rings. The van der Waals surface area contributed by atoms with Gasteiger partial charge in [0.1, 0.15) is 0 Å². The fourth-order valence-electron chi connectivity index (χ4n) is 1.83. The molecular formula is C15H18ClN. The highest BCUT2D eigenvalue weighted by atomic mass is 35.5. The molecule has 1 atom stereocenters. The maximum absolute atomic E-state index is 6.14. The summed E-state index contributed by atoms with van der Waals surface area (Å²) in [5, 5.41) is 0. The van der Waals surface area contributed by atoms with E-state index in [0.29, 0.717) is 0 Å². The first-order valence-electron chi connectivity index (χ1n) is 5.71. The van der Waals surface area contributed by atoms with Crippen LogP contribution in [0.15, 0.2) is 60.7 Å². The van der Waals surface area contributed by atoms with E-state index in [0.717, 1.165) is 12.8 Å². The van der Waals surface area contributed by atoms with Crippen LogP contribution in [0.4, 0.5) is 0 Å². The van der Waals surface area contributed by atoms with E-state index < -0.39 is 0 Å². The summed E-state index contributed by atoms with van der Waals surface area (Å²) in [5.74, 6) is 0. The smallest absolute Gasteiger partial charge is 0.0298 e. The van der Waals surface area contributed by atoms with E-state index >= 15 is 0 Å². The maximum atomic E-state index is 6.14. The van der Waals surface area contributed by atoms with Crippen LogP contribution in [-0.2, 0) is 6.42 Å². The maximum Gasteiger partial charge on any atom is 0.0298 e. The summed E-state index contributed by atoms with van der Waals surface area (Å²) in [5.41, 5.74) is 8.72. The standard InChI is InChI=1S/C15H17N.ClH/c16-15(14-9-5-2-6-10-14)12-11-13-7-3-1-4-8-13;/h1-10,15H,11-12,16H2;1H. The number of rotatable bonds is 4. The topological polar surface area (TPSA) is 26.0 Å². The predicted molar refractivity (Wildman–Crippen MR) is 75.4 cm³/mol. The Kier molecular flexibility index (Phi) is 5.75. The highest BCUT2D eigenvalue weighted by Crippen LogP contribution is 2.16. The lowest BCUT2D eigenvalue weighted by Crippen LogP contribution is -2.11. The molecule has 2 aromatic carbocycles. The molecule has 1 nitrogen and oxygen atoms in total. The van der Waals surface area contributed by atoms with E-state index in [4.69, 9.17) is 5.73 Å². The fourth-order valence-corrected chi connectivity index (χ4v) is 1.83. The van der Waals surface area contributed by atoms with E-state index in [2.05, 4.69) is 36.4 Å². The van der Waals surface area contributed by atoms with Crippen molar-refractivity contribution in [2.45, 2.75) is 18.9 Å². The van der Waals surface area contributed by atoms with Crippen LogP contribution >= 0.6 is 12.4 Å². The van der Waals surface area contributed by atoms with Crippen LogP contribution in [0.25, 0.3) is 0 Å². The summed E-state index contributed by atoms with van der Waals surface area (Å²) < 4.78 is 0. The van der Waals surface area contributed by atoms with Gasteiger partial charge in [0.05, 0.1) is 0 Å². The Morgan fingerprint density at radius 3 is 1.94 bits per heavy atom. The Bertz CT molecular complexity index is 413. The van der Waals surface area contributed by atoms with Crippen molar-refractivity contribution in [3.63, 3.8) is 0 Å². The fraction of sp³-hybridized carbons (Fsp3) is 0.200. The molecule has 90 valence electrons. The van der Waals surface area contributed by atoms with Crippen molar-refractivity contribution in [1.82, 2.24) is 0 Å². The van der Waals surface area contributed by atoms with Gasteiger partial charge in [-0.2, -0.15) is 0 Å². The summed E-state index contributed by atoms with van der Waals surface area (Å²) in [6.45, 7) is 0. The van der Waals surface area contributed by atoms with Gasteiger partial charge in [-0.25, -0.2) is 0 Å². The predicted octanol–water partition coefficient (Wildman–Crippen LogP) is 3.74. The average Bonchev–Trinajstić information content (AvgIpc) is 2.38. The van der Waals surface area contributed by atoms with Crippen LogP contribution in [0.2, 0.25) is 0 Å². The first-order valence-corrected chi connectivity index (χ1v) is 5.71. The molecule has 0 spiro atoms. The minimum atomic E-state index is 0. The van der Waals surface area contributed by atoms with Gasteiger partial charge in [0.2, 0.25) is 0 Å². The molecule has 0 saturated heterocycles. The van der Waals surface area contributed by atoms with E-state index in [-0.39, 0.29) is 18.4 Å². The first-order chi connectivity index (χ1) is 7.86. The van der Waals surface area contributed by atoms with Crippen LogP contribution in [0.3, 0.4) is 0 Å². The highest BCUT2D eigenvalue weighted by Gasteiger charge is 2.04. The number of benzene rings is 2. The lowest BCUT2D eigenvalue weighted by molar-refractivity contribution is 0.651. The normalized spacial score (nSPS) is 11.6. The molecule has 0 aromatic heterocycles. The van der Waals surface area contributed by atoms with E-state index in [1.54, 1.807) is 0 Å². The minimum absolute atomic E-state index is 0. The van der Waals surface area contributed by atoms with Crippen LogP contribution in [-0.4, -0.2) is 0 Å². The van der Waals surface area contributed by atoms with Crippen LogP contribution < -0.4 is 5.73 Å². The molecule has 0 heterocycles. The number of halogens is 1. The number of hydrogen-bond acceptors (Lipinski definition) is 1. The Balaban J connectivity index is 0.00000144. The van der Waals surface area contributed by atoms with Crippen LogP contribution in [0.5, 0.6) is 0 Å². The molecule has 0 radical (unpaired) electrons. The summed E-state index contributed by atoms with van der Waals surface area (Å²) in [6, 6.07) is 20.9. The van der Waals surface area contributed by atoms with Crippen molar-refractivity contribution in [2.24, 2.45) is 5.73 Å². The van der Waals surface area contributed by atoms with Crippen molar-refractivity contribution in [3.05, 3.63) is 71.8 Å². The van der Waals surface area contributed by atoms with Gasteiger partial charge in [0.15, 0.2) is 0 Å². The lowest BCUT2D eigenvalue weighted by atomic mass is 10.00. The number of aryl methyl sites for hydroxylation is 1. The number of hydrogen-bond donors (Lipinski definition) is 1. The SMILES string of the molecule is Cl.NC(CCc1ccccc1)c1ccccc1. The third-order valence-electron chi connectivity index (χ3n) is 2.81. The van der Waals surface area contributed by atoms with Crippen molar-refractivity contribution in [3.8, 4) is 0 Å². The zero-order valence-corrected chi connectivity index (χ0v) is 10.6. The Labute approximate surface area is 109 Å². The molecule has 2 aromatic rings. The molecule has 2 heteroatoms. The third kappa shape index (κ3) is 4.22. The van der Waals surface area contributed by atoms with E-state index in [1.165, 1.54) is 11.1 Å². The van der Waals surface area contributed by atoms with Gasteiger partial charge < -0.3 is 5.73 Å². The van der Waals surface area contributed by atoms with Gasteiger partial charge in [0, 0.05) is 6.04 Å². The zero-order valence-electron chi connectivity index (χ0n) is 9.75. The average molecular weight is 248 g/mol. The number of nitrogens with two attached hydrogens (primary N) is 1. The molecular weight excluding hydrogens is 230 g/mol. The van der Waals surface area contributed by atoms with Crippen LogP contribution in [0.1, 0.15) is 23.6 Å². The molecule has 0 bridgehead atoms. The van der Waals surface area contributed by atoms with Crippen molar-refractivity contribution >= 4 is 12.4 Å². The van der Waals surface area contributed by atoms with Gasteiger partial charge >= 0.3 is 0 Å². The molecule has 2 N–H and O–H groups in total. The molecule has 0 amide bonds. The Morgan fingerprint density at radius 2 is 1.35 bits per heavy atom. The van der Waals surface area contributed by atoms with Crippen molar-refractivity contribution in [1.29, 1.82) is 0 Å². The zero-order chi connectivity index (χ0) is 11.2. The summed E-state index contributed by atoms with van der Waals surface area (Å²) >= 11 is 0. The summed E-state index contributed by atoms with van der Waals surface area (Å²) in [6.07, 6.45) is 2.03. The monoisotopic (exact) mass is 247 g/mol. The summed E-state index contributed by atoms with van der Waals surface area (Å²) in [4.78, 5) is 0. The van der Waals surface area contributed by atoms with Crippen molar-refractivity contribution < 1.29 is 0 Å². The van der Waals surface area contributed by atoms with Gasteiger partial charge in [-0.3, -0.25) is 0 Å². The van der Waals surface area contributed by atoms with Gasteiger partial charge in [-0.05, 0) is 24.0 Å². The van der Waals surface area contributed by atoms with Gasteiger partial charge in [-0.15, -0.1) is 12.4 Å². The third-order valence-corrected chi connectivity index (χ3v) is 2.81. The lowest BCUT2D eigenvalue weighted by Gasteiger charge is -2.11. The van der Waals surface area contributed by atoms with E-state index in [1.807, 2.05) is 24.3 Å². The highest BCUT2D eigenvalue weighted by molar-refractivity contribution is 5.85. The van der Waals surface area contributed by atoms with Gasteiger partial charge in [0.25, 0.3) is 0 Å². The summed E-state index contributed by atoms with van der Waals surface area (Å²) in [7, 11) is 0. The molecule has 17 heavy (non-hydrogen) atoms. The minimum Gasteiger partial charge on any atom is -0.324 e. The molecule has 0 aliphatic carbocycles. The van der Waals surface area contributed by atoms with E-state index in [9.17, 15) is 0 Å². The molecule has 0 fully saturated rings. The Hall–Kier alpha value is -1.31. The van der Waals surface area contributed by atoms with Crippen LogP contribution in [0, 0.1) is 0 Å². The quantitative estimate of drug-likeness (QED) is 0.875. The first kappa shape index (κ1) is 13.8. The molecule has 0 saturated carbocycles. The van der Waals surface area contributed by atoms with Crippen molar-refractivity contribution in [2.75, 3.05) is 0 Å². The second-order valence-corrected chi connectivity index (χ2v) is 4.04. The largest absolute Gasteiger partial charge is 0.324 e. The van der Waals surface area contributed by atoms with Gasteiger partial charge in [-0.1, -0.05) is 60.7 Å². The second-order valence-electron chi connectivity index (χ2n) is 4.04. The second kappa shape index (κ2) is 7.10. The Morgan fingerprint density at radius 1 is 0.824 bits per heavy atom. The molecule has 2 rings (SSSR count). The molecule has 0 aliphatic heterocycles.